The van der Waals surface area contributed by atoms with E-state index in [0.717, 1.165) is 19.2 Å². The molecule has 82 valence electrons. The van der Waals surface area contributed by atoms with Crippen molar-refractivity contribution in [3.05, 3.63) is 23.8 Å². The summed E-state index contributed by atoms with van der Waals surface area (Å²) in [6, 6.07) is 3.26. The molecule has 0 fully saturated rings. The standard InChI is InChI=1S/C10H12O5/c1-14-10(13)7-2-3-8(12)9(6-7)15-5-4-11/h2-3,6,11-12H,4-5H2,1H3/i4D2,5D2. The van der Waals surface area contributed by atoms with E-state index in [1.54, 1.807) is 0 Å². The topological polar surface area (TPSA) is 76.0 Å². The minimum absolute atomic E-state index is 0.0235. The molecule has 0 aliphatic heterocycles. The summed E-state index contributed by atoms with van der Waals surface area (Å²) in [5.41, 5.74) is -0.0235. The molecule has 0 unspecified atom stereocenters. The summed E-state index contributed by atoms with van der Waals surface area (Å²) in [7, 11) is 1.14. The van der Waals surface area contributed by atoms with E-state index in [4.69, 9.17) is 10.6 Å². The lowest BCUT2D eigenvalue weighted by molar-refractivity contribution is 0.0600. The van der Waals surface area contributed by atoms with Gasteiger partial charge in [-0.15, -0.1) is 0 Å². The number of carbonyl (C=O) groups is 1. The second-order valence-electron chi connectivity index (χ2n) is 2.49. The van der Waals surface area contributed by atoms with E-state index in [-0.39, 0.29) is 5.56 Å². The lowest BCUT2D eigenvalue weighted by Gasteiger charge is -2.07. The minimum Gasteiger partial charge on any atom is -0.504 e. The van der Waals surface area contributed by atoms with Crippen LogP contribution in [0, 0.1) is 0 Å². The van der Waals surface area contributed by atoms with Gasteiger partial charge in [0, 0.05) is 0 Å². The van der Waals surface area contributed by atoms with Crippen LogP contribution in [0.5, 0.6) is 11.5 Å². The first-order valence-corrected chi connectivity index (χ1v) is 3.91. The van der Waals surface area contributed by atoms with Crippen molar-refractivity contribution in [3.63, 3.8) is 0 Å². The van der Waals surface area contributed by atoms with Gasteiger partial charge in [0.25, 0.3) is 0 Å². The molecule has 5 nitrogen and oxygen atoms in total. The third-order valence-corrected chi connectivity index (χ3v) is 1.59. The summed E-state index contributed by atoms with van der Waals surface area (Å²) in [6.07, 6.45) is 0. The van der Waals surface area contributed by atoms with Gasteiger partial charge in [0.1, 0.15) is 6.56 Å². The van der Waals surface area contributed by atoms with Gasteiger partial charge in [0.2, 0.25) is 0 Å². The van der Waals surface area contributed by atoms with Crippen LogP contribution in [0.3, 0.4) is 0 Å². The first kappa shape index (κ1) is 6.68. The second-order valence-corrected chi connectivity index (χ2v) is 2.49. The number of aromatic hydroxyl groups is 1. The largest absolute Gasteiger partial charge is 0.504 e. The van der Waals surface area contributed by atoms with E-state index < -0.39 is 30.6 Å². The highest BCUT2D eigenvalue weighted by atomic mass is 16.5. The van der Waals surface area contributed by atoms with Gasteiger partial charge < -0.3 is 19.7 Å². The van der Waals surface area contributed by atoms with E-state index in [9.17, 15) is 9.90 Å². The first-order chi connectivity index (χ1) is 8.58. The molecule has 1 aromatic carbocycles. The number of hydrogen-bond acceptors (Lipinski definition) is 5. The molecule has 0 saturated carbocycles. The van der Waals surface area contributed by atoms with Gasteiger partial charge >= 0.3 is 5.97 Å². The summed E-state index contributed by atoms with van der Waals surface area (Å²) in [5.74, 6) is -1.75. The molecule has 0 radical (unpaired) electrons. The van der Waals surface area contributed by atoms with Crippen LogP contribution in [0.15, 0.2) is 18.2 Å². The van der Waals surface area contributed by atoms with Crippen molar-refractivity contribution in [1.82, 2.24) is 0 Å². The number of ether oxygens (including phenoxy) is 2. The summed E-state index contributed by atoms with van der Waals surface area (Å²) >= 11 is 0. The van der Waals surface area contributed by atoms with E-state index in [1.165, 1.54) is 6.07 Å². The third-order valence-electron chi connectivity index (χ3n) is 1.59. The van der Waals surface area contributed by atoms with E-state index in [2.05, 4.69) is 9.47 Å². The SMILES string of the molecule is [2H]C([2H])(O)C([2H])([2H])Oc1cc(C(=O)OC)ccc1O. The van der Waals surface area contributed by atoms with Gasteiger partial charge in [-0.1, -0.05) is 0 Å². The van der Waals surface area contributed by atoms with Crippen LogP contribution in [0.1, 0.15) is 15.8 Å². The van der Waals surface area contributed by atoms with Crippen LogP contribution in [0.2, 0.25) is 0 Å². The Balaban J connectivity index is 3.11. The van der Waals surface area contributed by atoms with Gasteiger partial charge in [0.05, 0.1) is 24.7 Å². The Bertz CT molecular complexity index is 483. The molecular weight excluding hydrogens is 200 g/mol. The Morgan fingerprint density at radius 2 is 2.33 bits per heavy atom. The Kier molecular flexibility index (Phi) is 2.32. The van der Waals surface area contributed by atoms with Gasteiger partial charge in [-0.2, -0.15) is 0 Å². The number of methoxy groups -OCH3 is 1. The predicted molar refractivity (Wildman–Crippen MR) is 52.0 cm³/mol. The molecule has 0 aromatic heterocycles. The molecule has 1 rings (SSSR count). The molecule has 15 heavy (non-hydrogen) atoms. The van der Waals surface area contributed by atoms with Crippen molar-refractivity contribution in [2.24, 2.45) is 0 Å². The fraction of sp³-hybridized carbons (Fsp3) is 0.300. The third kappa shape index (κ3) is 2.85. The van der Waals surface area contributed by atoms with E-state index in [0.29, 0.717) is 0 Å². The first-order valence-electron chi connectivity index (χ1n) is 5.91. The highest BCUT2D eigenvalue weighted by Crippen LogP contribution is 2.26. The van der Waals surface area contributed by atoms with Crippen molar-refractivity contribution < 1.29 is 30.0 Å². The summed E-state index contributed by atoms with van der Waals surface area (Å²) in [4.78, 5) is 11.3. The van der Waals surface area contributed by atoms with Crippen LogP contribution in [-0.2, 0) is 4.74 Å². The van der Waals surface area contributed by atoms with Crippen LogP contribution in [-0.4, -0.2) is 36.4 Å². The number of esters is 1. The molecule has 0 aliphatic carbocycles. The van der Waals surface area contributed by atoms with E-state index in [1.807, 2.05) is 0 Å². The zero-order valence-corrected chi connectivity index (χ0v) is 7.85. The van der Waals surface area contributed by atoms with Crippen molar-refractivity contribution in [3.8, 4) is 11.5 Å². The molecule has 0 saturated heterocycles. The van der Waals surface area contributed by atoms with Gasteiger partial charge in [-0.3, -0.25) is 0 Å². The smallest absolute Gasteiger partial charge is 0.337 e. The molecule has 0 bridgehead atoms. The van der Waals surface area contributed by atoms with Crippen LogP contribution in [0.25, 0.3) is 0 Å². The maximum absolute atomic E-state index is 11.3. The fourth-order valence-corrected chi connectivity index (χ4v) is 0.919. The number of carbonyl (C=O) groups excluding carboxylic acids is 1. The number of hydrogen-bond donors (Lipinski definition) is 2. The number of phenols is 1. The van der Waals surface area contributed by atoms with E-state index >= 15 is 0 Å². The lowest BCUT2D eigenvalue weighted by atomic mass is 10.2. The minimum atomic E-state index is -3.29. The van der Waals surface area contributed by atoms with Crippen LogP contribution in [0.4, 0.5) is 0 Å². The van der Waals surface area contributed by atoms with Crippen molar-refractivity contribution in [2.45, 2.75) is 0 Å². The number of phenolic OH excluding ortho intramolecular Hbond substituents is 1. The molecule has 0 aliphatic rings. The summed E-state index contributed by atoms with van der Waals surface area (Å²) < 4.78 is 37.2. The van der Waals surface area contributed by atoms with Gasteiger partial charge in [0.15, 0.2) is 11.5 Å². The number of benzene rings is 1. The molecule has 0 atom stereocenters. The predicted octanol–water partition coefficient (Wildman–Crippen LogP) is 0.550. The maximum Gasteiger partial charge on any atom is 0.337 e. The monoisotopic (exact) mass is 216 g/mol. The number of aliphatic hydroxyl groups is 1. The molecular formula is C10H12O5. The Morgan fingerprint density at radius 3 is 2.93 bits per heavy atom. The molecule has 0 spiro atoms. The summed E-state index contributed by atoms with van der Waals surface area (Å²) in [6.45, 7) is -6.40. The highest BCUT2D eigenvalue weighted by molar-refractivity contribution is 5.90. The zero-order chi connectivity index (χ0) is 14.8. The second kappa shape index (κ2) is 5.21. The normalized spacial score (nSPS) is 15.6. The van der Waals surface area contributed by atoms with Gasteiger partial charge in [-0.05, 0) is 18.2 Å². The molecule has 5 heteroatoms. The van der Waals surface area contributed by atoms with Crippen LogP contribution >= 0.6 is 0 Å². The molecule has 0 heterocycles. The Labute approximate surface area is 92.5 Å². The Hall–Kier alpha value is -1.75. The van der Waals surface area contributed by atoms with Crippen molar-refractivity contribution >= 4 is 5.97 Å². The average molecular weight is 216 g/mol. The zero-order valence-electron chi connectivity index (χ0n) is 11.9. The lowest BCUT2D eigenvalue weighted by Crippen LogP contribution is -2.04. The quantitative estimate of drug-likeness (QED) is 0.719. The number of rotatable bonds is 4. The maximum atomic E-state index is 11.3. The summed E-state index contributed by atoms with van der Waals surface area (Å²) in [5, 5.41) is 18.5. The molecule has 0 amide bonds. The Morgan fingerprint density at radius 1 is 1.60 bits per heavy atom. The molecule has 1 aromatic rings. The average Bonchev–Trinajstić information content (AvgIpc) is 2.29. The van der Waals surface area contributed by atoms with Gasteiger partial charge in [-0.25, -0.2) is 4.79 Å². The molecule has 2 N–H and O–H groups in total. The van der Waals surface area contributed by atoms with Crippen LogP contribution < -0.4 is 4.74 Å². The van der Waals surface area contributed by atoms with Crippen molar-refractivity contribution in [2.75, 3.05) is 20.2 Å². The highest BCUT2D eigenvalue weighted by Gasteiger charge is 2.09. The fourth-order valence-electron chi connectivity index (χ4n) is 0.919. The van der Waals surface area contributed by atoms with Crippen molar-refractivity contribution in [1.29, 1.82) is 0 Å².